The van der Waals surface area contributed by atoms with Crippen molar-refractivity contribution in [3.05, 3.63) is 76.1 Å². The van der Waals surface area contributed by atoms with Crippen LogP contribution in [0, 0.1) is 13.8 Å². The molecule has 0 aliphatic rings. The van der Waals surface area contributed by atoms with E-state index in [0.29, 0.717) is 40.3 Å². The number of aromatic nitrogens is 2. The highest BCUT2D eigenvalue weighted by molar-refractivity contribution is 6.33. The van der Waals surface area contributed by atoms with Gasteiger partial charge in [-0.2, -0.15) is 0 Å². The van der Waals surface area contributed by atoms with Crippen molar-refractivity contribution < 1.29 is 9.53 Å². The second kappa shape index (κ2) is 8.71. The van der Waals surface area contributed by atoms with E-state index in [1.54, 1.807) is 24.3 Å². The van der Waals surface area contributed by atoms with Gasteiger partial charge in [-0.05, 0) is 37.6 Å². The summed E-state index contributed by atoms with van der Waals surface area (Å²) >= 11 is 6.26. The van der Waals surface area contributed by atoms with Gasteiger partial charge < -0.3 is 15.4 Å². The Morgan fingerprint density at radius 1 is 1.07 bits per heavy atom. The number of carbonyl (C=O) groups excluding carboxylic acids is 1. The van der Waals surface area contributed by atoms with E-state index in [1.165, 1.54) is 18.2 Å². The second-order valence-electron chi connectivity index (χ2n) is 6.34. The molecule has 3 aromatic rings. The van der Waals surface area contributed by atoms with Crippen molar-refractivity contribution in [2.24, 2.45) is 0 Å². The third-order valence-electron chi connectivity index (χ3n) is 4.04. The molecule has 7 heteroatoms. The fraction of sp³-hybridized carbons (Fsp3) is 0.190. The Balaban J connectivity index is 1.79. The second-order valence-corrected chi connectivity index (χ2v) is 6.75. The number of benzene rings is 2. The van der Waals surface area contributed by atoms with Crippen molar-refractivity contribution in [3.63, 3.8) is 0 Å². The molecule has 0 aliphatic heterocycles. The lowest BCUT2D eigenvalue weighted by atomic mass is 10.1. The van der Waals surface area contributed by atoms with Crippen LogP contribution in [0.2, 0.25) is 5.02 Å². The van der Waals surface area contributed by atoms with E-state index in [0.717, 1.165) is 0 Å². The maximum atomic E-state index is 11.8. The maximum Gasteiger partial charge on any atom is 0.337 e. The van der Waals surface area contributed by atoms with Crippen LogP contribution in [0.5, 0.6) is 0 Å². The third-order valence-corrected chi connectivity index (χ3v) is 4.37. The maximum absolute atomic E-state index is 11.8. The highest BCUT2D eigenvalue weighted by atomic mass is 35.5. The molecule has 0 bridgehead atoms. The lowest BCUT2D eigenvalue weighted by Gasteiger charge is -2.12. The van der Waals surface area contributed by atoms with Crippen molar-refractivity contribution in [1.82, 2.24) is 9.97 Å². The summed E-state index contributed by atoms with van der Waals surface area (Å²) in [6.07, 6.45) is 0. The summed E-state index contributed by atoms with van der Waals surface area (Å²) in [5.41, 5.74) is 3.34. The molecular weight excluding hydrogens is 376 g/mol. The number of ether oxygens (including phenoxy) is 1. The molecule has 144 valence electrons. The van der Waals surface area contributed by atoms with Gasteiger partial charge in [-0.25, -0.2) is 14.8 Å². The number of methoxy groups -OCH3 is 1. The lowest BCUT2D eigenvalue weighted by Crippen LogP contribution is -2.06. The van der Waals surface area contributed by atoms with E-state index in [1.807, 2.05) is 13.0 Å². The zero-order valence-corrected chi connectivity index (χ0v) is 16.7. The molecule has 1 aromatic heterocycles. The summed E-state index contributed by atoms with van der Waals surface area (Å²) in [5.74, 6) is 1.44. The van der Waals surface area contributed by atoms with Gasteiger partial charge in [0.25, 0.3) is 0 Å². The van der Waals surface area contributed by atoms with Crippen LogP contribution in [0.25, 0.3) is 0 Å². The molecule has 0 unspecified atom stereocenters. The van der Waals surface area contributed by atoms with Crippen molar-refractivity contribution in [2.75, 3.05) is 17.7 Å². The van der Waals surface area contributed by atoms with Crippen LogP contribution in [0.3, 0.4) is 0 Å². The smallest absolute Gasteiger partial charge is 0.337 e. The predicted octanol–water partition coefficient (Wildman–Crippen LogP) is 4.89. The minimum atomic E-state index is -0.431. The number of hydrogen-bond acceptors (Lipinski definition) is 6. The van der Waals surface area contributed by atoms with Gasteiger partial charge in [-0.3, -0.25) is 0 Å². The van der Waals surface area contributed by atoms with Crippen LogP contribution in [0.4, 0.5) is 17.3 Å². The molecule has 2 N–H and O–H groups in total. The molecule has 1 heterocycles. The number of aryl methyl sites for hydroxylation is 2. The molecule has 0 spiro atoms. The molecule has 0 saturated carbocycles. The number of nitrogens with one attached hydrogen (secondary N) is 2. The van der Waals surface area contributed by atoms with Crippen LogP contribution < -0.4 is 10.6 Å². The Kier molecular flexibility index (Phi) is 6.11. The van der Waals surface area contributed by atoms with Gasteiger partial charge in [0, 0.05) is 12.6 Å². The molecule has 0 atom stereocenters. The standard InChI is InChI=1S/C21H21ClN4O2/c1-13-5-4-6-15(9-13)12-23-19-11-20(25-14(2)24-19)26-18-10-16(21(27)28-3)7-8-17(18)22/h4-11H,12H2,1-3H3,(H2,23,24,25,26). The summed E-state index contributed by atoms with van der Waals surface area (Å²) in [5, 5.41) is 6.93. The summed E-state index contributed by atoms with van der Waals surface area (Å²) in [6.45, 7) is 4.53. The summed E-state index contributed by atoms with van der Waals surface area (Å²) in [7, 11) is 1.34. The zero-order valence-electron chi connectivity index (χ0n) is 15.9. The van der Waals surface area contributed by atoms with Crippen LogP contribution in [-0.2, 0) is 11.3 Å². The molecule has 0 amide bonds. The first kappa shape index (κ1) is 19.6. The number of halogens is 1. The largest absolute Gasteiger partial charge is 0.465 e. The van der Waals surface area contributed by atoms with Crippen LogP contribution >= 0.6 is 11.6 Å². The van der Waals surface area contributed by atoms with Crippen molar-refractivity contribution >= 4 is 34.9 Å². The quantitative estimate of drug-likeness (QED) is 0.578. The third kappa shape index (κ3) is 4.98. The summed E-state index contributed by atoms with van der Waals surface area (Å²) in [6, 6.07) is 15.0. The Hall–Kier alpha value is -3.12. The molecular formula is C21H21ClN4O2. The first-order valence-electron chi connectivity index (χ1n) is 8.74. The Labute approximate surface area is 168 Å². The normalized spacial score (nSPS) is 10.4. The SMILES string of the molecule is COC(=O)c1ccc(Cl)c(Nc2cc(NCc3cccc(C)c3)nc(C)n2)c1. The van der Waals surface area contributed by atoms with E-state index in [2.05, 4.69) is 45.7 Å². The predicted molar refractivity (Wildman–Crippen MR) is 111 cm³/mol. The lowest BCUT2D eigenvalue weighted by molar-refractivity contribution is 0.0601. The number of rotatable bonds is 6. The molecule has 0 aliphatic carbocycles. The average molecular weight is 397 g/mol. The minimum Gasteiger partial charge on any atom is -0.465 e. The van der Waals surface area contributed by atoms with Gasteiger partial charge >= 0.3 is 5.97 Å². The number of carbonyl (C=O) groups is 1. The van der Waals surface area contributed by atoms with Crippen LogP contribution in [-0.4, -0.2) is 23.0 Å². The van der Waals surface area contributed by atoms with Gasteiger partial charge in [0.15, 0.2) is 0 Å². The summed E-state index contributed by atoms with van der Waals surface area (Å²) in [4.78, 5) is 20.6. The van der Waals surface area contributed by atoms with Crippen LogP contribution in [0.15, 0.2) is 48.5 Å². The zero-order chi connectivity index (χ0) is 20.1. The van der Waals surface area contributed by atoms with E-state index in [9.17, 15) is 4.79 Å². The fourth-order valence-corrected chi connectivity index (χ4v) is 2.91. The number of esters is 1. The highest BCUT2D eigenvalue weighted by Gasteiger charge is 2.10. The van der Waals surface area contributed by atoms with Crippen LogP contribution in [0.1, 0.15) is 27.3 Å². The van der Waals surface area contributed by atoms with Gasteiger partial charge in [0.05, 0.1) is 23.4 Å². The Bertz CT molecular complexity index is 1010. The summed E-state index contributed by atoms with van der Waals surface area (Å²) < 4.78 is 4.76. The number of hydrogen-bond donors (Lipinski definition) is 2. The Morgan fingerprint density at radius 3 is 2.61 bits per heavy atom. The van der Waals surface area contributed by atoms with E-state index >= 15 is 0 Å². The van der Waals surface area contributed by atoms with Crippen molar-refractivity contribution in [3.8, 4) is 0 Å². The molecule has 0 fully saturated rings. The minimum absolute atomic E-state index is 0.401. The molecule has 0 saturated heterocycles. The molecule has 28 heavy (non-hydrogen) atoms. The first-order chi connectivity index (χ1) is 13.4. The highest BCUT2D eigenvalue weighted by Crippen LogP contribution is 2.27. The van der Waals surface area contributed by atoms with E-state index < -0.39 is 5.97 Å². The van der Waals surface area contributed by atoms with E-state index in [4.69, 9.17) is 16.3 Å². The van der Waals surface area contributed by atoms with Crippen molar-refractivity contribution in [1.29, 1.82) is 0 Å². The monoisotopic (exact) mass is 396 g/mol. The van der Waals surface area contributed by atoms with E-state index in [-0.39, 0.29) is 0 Å². The first-order valence-corrected chi connectivity index (χ1v) is 9.12. The molecule has 0 radical (unpaired) electrons. The number of anilines is 3. The Morgan fingerprint density at radius 2 is 1.86 bits per heavy atom. The fourth-order valence-electron chi connectivity index (χ4n) is 2.74. The molecule has 6 nitrogen and oxygen atoms in total. The molecule has 2 aromatic carbocycles. The van der Waals surface area contributed by atoms with Gasteiger partial charge in [0.2, 0.25) is 0 Å². The molecule has 3 rings (SSSR count). The average Bonchev–Trinajstić information content (AvgIpc) is 2.67. The van der Waals surface area contributed by atoms with Gasteiger partial charge in [-0.15, -0.1) is 0 Å². The topological polar surface area (TPSA) is 76.1 Å². The number of nitrogens with zero attached hydrogens (tertiary/aromatic N) is 2. The van der Waals surface area contributed by atoms with Gasteiger partial charge in [0.1, 0.15) is 17.5 Å². The van der Waals surface area contributed by atoms with Crippen molar-refractivity contribution in [2.45, 2.75) is 20.4 Å². The van der Waals surface area contributed by atoms with Gasteiger partial charge in [-0.1, -0.05) is 41.4 Å².